The Hall–Kier alpha value is -0.410. The fourth-order valence-corrected chi connectivity index (χ4v) is 1.80. The smallest absolute Gasteiger partial charge is 0.143 e. The molecule has 1 heterocycles. The lowest BCUT2D eigenvalue weighted by Gasteiger charge is -2.33. The molecule has 0 unspecified atom stereocenters. The maximum Gasteiger partial charge on any atom is 0.143 e. The highest BCUT2D eigenvalue weighted by molar-refractivity contribution is 5.77. The zero-order valence-corrected chi connectivity index (χ0v) is 12.8. The van der Waals surface area contributed by atoms with Gasteiger partial charge in [0, 0.05) is 26.2 Å². The van der Waals surface area contributed by atoms with Crippen LogP contribution in [0.2, 0.25) is 0 Å². The van der Waals surface area contributed by atoms with Crippen molar-refractivity contribution in [3.05, 3.63) is 0 Å². The second-order valence-corrected chi connectivity index (χ2v) is 3.82. The standard InChI is InChI=1S/C10H20N2O.2C2H6/c1-3-4-11-5-7-12(8-6-11)9-10(2)13;2*1-2/h3-9H2,1-2H3;2*1-2H3. The van der Waals surface area contributed by atoms with E-state index in [1.165, 1.54) is 13.0 Å². The molecule has 3 heteroatoms. The molecule has 104 valence electrons. The van der Waals surface area contributed by atoms with Gasteiger partial charge in [-0.1, -0.05) is 34.6 Å². The number of carbonyl (C=O) groups excluding carboxylic acids is 1. The van der Waals surface area contributed by atoms with E-state index in [0.29, 0.717) is 6.54 Å². The molecule has 0 atom stereocenters. The fraction of sp³-hybridized carbons (Fsp3) is 0.929. The van der Waals surface area contributed by atoms with Gasteiger partial charge in [-0.3, -0.25) is 9.69 Å². The molecule has 1 rings (SSSR count). The van der Waals surface area contributed by atoms with E-state index in [-0.39, 0.29) is 5.78 Å². The highest BCUT2D eigenvalue weighted by Crippen LogP contribution is 2.01. The third-order valence-corrected chi connectivity index (χ3v) is 2.45. The van der Waals surface area contributed by atoms with Crippen molar-refractivity contribution in [1.82, 2.24) is 9.80 Å². The van der Waals surface area contributed by atoms with E-state index in [1.54, 1.807) is 6.92 Å². The molecule has 3 nitrogen and oxygen atoms in total. The summed E-state index contributed by atoms with van der Waals surface area (Å²) in [6.07, 6.45) is 1.23. The minimum atomic E-state index is 0.281. The van der Waals surface area contributed by atoms with E-state index < -0.39 is 0 Å². The van der Waals surface area contributed by atoms with Crippen molar-refractivity contribution in [1.29, 1.82) is 0 Å². The van der Waals surface area contributed by atoms with Crippen LogP contribution in [0.5, 0.6) is 0 Å². The van der Waals surface area contributed by atoms with Gasteiger partial charge in [-0.2, -0.15) is 0 Å². The van der Waals surface area contributed by atoms with Gasteiger partial charge < -0.3 is 4.90 Å². The number of hydrogen-bond donors (Lipinski definition) is 0. The molecule has 0 radical (unpaired) electrons. The molecule has 0 N–H and O–H groups in total. The summed E-state index contributed by atoms with van der Waals surface area (Å²) in [7, 11) is 0. The predicted molar refractivity (Wildman–Crippen MR) is 76.5 cm³/mol. The summed E-state index contributed by atoms with van der Waals surface area (Å²) in [5.41, 5.74) is 0. The van der Waals surface area contributed by atoms with Crippen LogP contribution in [0.25, 0.3) is 0 Å². The first-order chi connectivity index (χ1) is 8.22. The lowest BCUT2D eigenvalue weighted by atomic mass is 10.3. The molecule has 0 aliphatic carbocycles. The van der Waals surface area contributed by atoms with Gasteiger partial charge >= 0.3 is 0 Å². The van der Waals surface area contributed by atoms with Crippen LogP contribution in [0, 0.1) is 0 Å². The lowest BCUT2D eigenvalue weighted by Crippen LogP contribution is -2.47. The van der Waals surface area contributed by atoms with Gasteiger partial charge in [0.2, 0.25) is 0 Å². The Balaban J connectivity index is 0. The van der Waals surface area contributed by atoms with Crippen LogP contribution in [-0.4, -0.2) is 54.9 Å². The van der Waals surface area contributed by atoms with Crippen LogP contribution in [0.1, 0.15) is 48.0 Å². The Morgan fingerprint density at radius 1 is 0.941 bits per heavy atom. The second-order valence-electron chi connectivity index (χ2n) is 3.82. The minimum Gasteiger partial charge on any atom is -0.301 e. The number of Topliss-reactive ketones (excluding diaryl/α,β-unsaturated/α-hetero) is 1. The Kier molecular flexibility index (Phi) is 15.2. The van der Waals surface area contributed by atoms with Gasteiger partial charge in [0.15, 0.2) is 0 Å². The SMILES string of the molecule is CC.CC.CCCN1CCN(CC(C)=O)CC1. The summed E-state index contributed by atoms with van der Waals surface area (Å²) < 4.78 is 0. The molecule has 17 heavy (non-hydrogen) atoms. The van der Waals surface area contributed by atoms with Crippen molar-refractivity contribution < 1.29 is 4.79 Å². The largest absolute Gasteiger partial charge is 0.301 e. The number of ketones is 1. The van der Waals surface area contributed by atoms with Crippen molar-refractivity contribution in [2.24, 2.45) is 0 Å². The van der Waals surface area contributed by atoms with Gasteiger partial charge in [-0.25, -0.2) is 0 Å². The average Bonchev–Trinajstić information content (AvgIpc) is 2.36. The Morgan fingerprint density at radius 3 is 1.71 bits per heavy atom. The highest BCUT2D eigenvalue weighted by Gasteiger charge is 2.16. The van der Waals surface area contributed by atoms with Crippen molar-refractivity contribution in [2.45, 2.75) is 48.0 Å². The van der Waals surface area contributed by atoms with Crippen LogP contribution in [0.15, 0.2) is 0 Å². The molecule has 0 aromatic heterocycles. The lowest BCUT2D eigenvalue weighted by molar-refractivity contribution is -0.118. The molecule has 1 saturated heterocycles. The van der Waals surface area contributed by atoms with Crippen molar-refractivity contribution in [3.8, 4) is 0 Å². The quantitative estimate of drug-likeness (QED) is 0.759. The van der Waals surface area contributed by atoms with E-state index in [4.69, 9.17) is 0 Å². The first kappa shape index (κ1) is 18.9. The molecule has 0 amide bonds. The molecule has 0 aromatic rings. The Labute approximate surface area is 108 Å². The Morgan fingerprint density at radius 2 is 1.35 bits per heavy atom. The maximum absolute atomic E-state index is 10.9. The third-order valence-electron chi connectivity index (χ3n) is 2.45. The minimum absolute atomic E-state index is 0.281. The van der Waals surface area contributed by atoms with Crippen molar-refractivity contribution in [2.75, 3.05) is 39.3 Å². The summed E-state index contributed by atoms with van der Waals surface area (Å²) >= 11 is 0. The van der Waals surface area contributed by atoms with E-state index in [0.717, 1.165) is 26.2 Å². The number of hydrogen-bond acceptors (Lipinski definition) is 3. The van der Waals surface area contributed by atoms with Crippen LogP contribution in [-0.2, 0) is 4.79 Å². The highest BCUT2D eigenvalue weighted by atomic mass is 16.1. The van der Waals surface area contributed by atoms with Crippen molar-refractivity contribution in [3.63, 3.8) is 0 Å². The summed E-state index contributed by atoms with van der Waals surface area (Å²) in [5, 5.41) is 0. The summed E-state index contributed by atoms with van der Waals surface area (Å²) in [6, 6.07) is 0. The molecule has 0 bridgehead atoms. The van der Waals surface area contributed by atoms with Crippen molar-refractivity contribution >= 4 is 5.78 Å². The maximum atomic E-state index is 10.9. The van der Waals surface area contributed by atoms with Crippen LogP contribution in [0.3, 0.4) is 0 Å². The third kappa shape index (κ3) is 10.5. The van der Waals surface area contributed by atoms with Crippen LogP contribution >= 0.6 is 0 Å². The first-order valence-corrected chi connectivity index (χ1v) is 7.16. The van der Waals surface area contributed by atoms with Crippen LogP contribution in [0.4, 0.5) is 0 Å². The second kappa shape index (κ2) is 13.7. The zero-order valence-electron chi connectivity index (χ0n) is 12.8. The average molecular weight is 244 g/mol. The van der Waals surface area contributed by atoms with Gasteiger partial charge in [0.25, 0.3) is 0 Å². The molecule has 1 fully saturated rings. The molecule has 0 spiro atoms. The number of piperazine rings is 1. The fourth-order valence-electron chi connectivity index (χ4n) is 1.80. The van der Waals surface area contributed by atoms with Gasteiger partial charge in [-0.05, 0) is 19.9 Å². The number of nitrogens with zero attached hydrogens (tertiary/aromatic N) is 2. The number of rotatable bonds is 4. The molecule has 0 saturated carbocycles. The summed E-state index contributed by atoms with van der Waals surface area (Å²) in [4.78, 5) is 15.6. The molecule has 0 aromatic carbocycles. The molecular weight excluding hydrogens is 212 g/mol. The first-order valence-electron chi connectivity index (χ1n) is 7.16. The zero-order chi connectivity index (χ0) is 13.7. The molecular formula is C14H32N2O. The Bertz CT molecular complexity index is 164. The number of carbonyl (C=O) groups is 1. The monoisotopic (exact) mass is 244 g/mol. The van der Waals surface area contributed by atoms with Gasteiger partial charge in [-0.15, -0.1) is 0 Å². The van der Waals surface area contributed by atoms with E-state index >= 15 is 0 Å². The summed E-state index contributed by atoms with van der Waals surface area (Å²) in [6.45, 7) is 18.1. The summed E-state index contributed by atoms with van der Waals surface area (Å²) in [5.74, 6) is 0.281. The normalized spacial score (nSPS) is 16.4. The van der Waals surface area contributed by atoms with Crippen LogP contribution < -0.4 is 0 Å². The topological polar surface area (TPSA) is 23.6 Å². The van der Waals surface area contributed by atoms with Gasteiger partial charge in [0.05, 0.1) is 6.54 Å². The van der Waals surface area contributed by atoms with E-state index in [2.05, 4.69) is 16.7 Å². The molecule has 1 aliphatic rings. The van der Waals surface area contributed by atoms with E-state index in [1.807, 2.05) is 27.7 Å². The molecule has 1 aliphatic heterocycles. The predicted octanol–water partition coefficient (Wildman–Crippen LogP) is 2.66. The van der Waals surface area contributed by atoms with Gasteiger partial charge in [0.1, 0.15) is 5.78 Å². The van der Waals surface area contributed by atoms with E-state index in [9.17, 15) is 4.79 Å².